The summed E-state index contributed by atoms with van der Waals surface area (Å²) in [5.41, 5.74) is 3.76. The van der Waals surface area contributed by atoms with E-state index >= 15 is 0 Å². The molecule has 0 amide bonds. The molecule has 0 heterocycles. The lowest BCUT2D eigenvalue weighted by Crippen LogP contribution is -1.91. The molecule has 0 aliphatic carbocycles. The van der Waals surface area contributed by atoms with E-state index in [-0.39, 0.29) is 0 Å². The summed E-state index contributed by atoms with van der Waals surface area (Å²) >= 11 is 0. The minimum absolute atomic E-state index is 1.08. The van der Waals surface area contributed by atoms with Crippen LogP contribution in [0.4, 0.5) is 5.69 Å². The summed E-state index contributed by atoms with van der Waals surface area (Å²) in [7, 11) is 1.95. The Morgan fingerprint density at radius 3 is 2.77 bits per heavy atom. The summed E-state index contributed by atoms with van der Waals surface area (Å²) in [5.74, 6) is 0. The number of allylic oxidation sites excluding steroid dienone is 1. The van der Waals surface area contributed by atoms with Crippen molar-refractivity contribution in [1.82, 2.24) is 0 Å². The Labute approximate surface area is 80.5 Å². The highest BCUT2D eigenvalue weighted by Crippen LogP contribution is 2.18. The lowest BCUT2D eigenvalue weighted by Gasteiger charge is -2.05. The van der Waals surface area contributed by atoms with Crippen LogP contribution in [0.3, 0.4) is 0 Å². The Hall–Kier alpha value is -1.24. The van der Waals surface area contributed by atoms with Crippen molar-refractivity contribution in [2.75, 3.05) is 12.4 Å². The van der Waals surface area contributed by atoms with Gasteiger partial charge in [0.2, 0.25) is 0 Å². The van der Waals surface area contributed by atoms with E-state index < -0.39 is 0 Å². The molecular weight excluding hydrogens is 158 g/mol. The molecule has 0 saturated heterocycles. The molecule has 0 aliphatic rings. The van der Waals surface area contributed by atoms with Crippen LogP contribution >= 0.6 is 0 Å². The molecule has 0 spiro atoms. The molecule has 0 radical (unpaired) electrons. The van der Waals surface area contributed by atoms with Crippen LogP contribution < -0.4 is 5.32 Å². The van der Waals surface area contributed by atoms with Gasteiger partial charge in [0.05, 0.1) is 0 Å². The van der Waals surface area contributed by atoms with Crippen molar-refractivity contribution in [3.8, 4) is 0 Å². The quantitative estimate of drug-likeness (QED) is 0.741. The molecule has 1 heteroatoms. The van der Waals surface area contributed by atoms with Crippen LogP contribution in [-0.4, -0.2) is 7.05 Å². The van der Waals surface area contributed by atoms with Crippen LogP contribution in [0.2, 0.25) is 0 Å². The summed E-state index contributed by atoms with van der Waals surface area (Å²) < 4.78 is 0. The van der Waals surface area contributed by atoms with Crippen LogP contribution in [-0.2, 0) is 0 Å². The molecule has 1 rings (SSSR count). The predicted molar refractivity (Wildman–Crippen MR) is 60.1 cm³/mol. The number of hydrogen-bond acceptors (Lipinski definition) is 1. The lowest BCUT2D eigenvalue weighted by atomic mass is 10.1. The van der Waals surface area contributed by atoms with Crippen LogP contribution in [0.5, 0.6) is 0 Å². The lowest BCUT2D eigenvalue weighted by molar-refractivity contribution is 1.23. The van der Waals surface area contributed by atoms with E-state index in [1.165, 1.54) is 16.8 Å². The minimum atomic E-state index is 1.08. The molecule has 0 aromatic heterocycles. The van der Waals surface area contributed by atoms with Crippen molar-refractivity contribution in [3.05, 3.63) is 35.4 Å². The SMILES string of the molecule is CC/C=C\c1cc(C)ccc1NC. The Morgan fingerprint density at radius 1 is 1.38 bits per heavy atom. The first kappa shape index (κ1) is 9.85. The molecular formula is C12H17N. The zero-order chi connectivity index (χ0) is 9.68. The zero-order valence-electron chi connectivity index (χ0n) is 8.59. The average Bonchev–Trinajstić information content (AvgIpc) is 2.15. The van der Waals surface area contributed by atoms with Gasteiger partial charge in [0.15, 0.2) is 0 Å². The van der Waals surface area contributed by atoms with Crippen LogP contribution in [0.25, 0.3) is 6.08 Å². The molecule has 0 atom stereocenters. The van der Waals surface area contributed by atoms with Gasteiger partial charge in [-0.2, -0.15) is 0 Å². The van der Waals surface area contributed by atoms with Gasteiger partial charge in [0, 0.05) is 12.7 Å². The van der Waals surface area contributed by atoms with Gasteiger partial charge in [-0.05, 0) is 31.0 Å². The normalized spacial score (nSPS) is 10.7. The standard InChI is InChI=1S/C12H17N/c1-4-5-6-11-9-10(2)7-8-12(11)13-3/h5-9,13H,4H2,1-3H3/b6-5-. The van der Waals surface area contributed by atoms with E-state index in [2.05, 4.69) is 49.5 Å². The summed E-state index contributed by atoms with van der Waals surface area (Å²) in [4.78, 5) is 0. The monoisotopic (exact) mass is 175 g/mol. The largest absolute Gasteiger partial charge is 0.388 e. The van der Waals surface area contributed by atoms with E-state index in [0.717, 1.165) is 6.42 Å². The molecule has 1 aromatic rings. The van der Waals surface area contributed by atoms with Gasteiger partial charge in [-0.25, -0.2) is 0 Å². The first-order valence-electron chi connectivity index (χ1n) is 4.73. The number of hydrogen-bond donors (Lipinski definition) is 1. The highest BCUT2D eigenvalue weighted by molar-refractivity contribution is 5.67. The van der Waals surface area contributed by atoms with E-state index in [0.29, 0.717) is 0 Å². The van der Waals surface area contributed by atoms with E-state index in [4.69, 9.17) is 0 Å². The molecule has 0 bridgehead atoms. The van der Waals surface area contributed by atoms with Crippen LogP contribution in [0, 0.1) is 6.92 Å². The molecule has 1 nitrogen and oxygen atoms in total. The Bertz CT molecular complexity index is 300. The molecule has 0 aliphatic heterocycles. The Kier molecular flexibility index (Phi) is 3.56. The molecule has 0 fully saturated rings. The third-order valence-electron chi connectivity index (χ3n) is 2.01. The van der Waals surface area contributed by atoms with E-state index in [9.17, 15) is 0 Å². The Morgan fingerprint density at radius 2 is 2.15 bits per heavy atom. The fourth-order valence-corrected chi connectivity index (χ4v) is 1.29. The summed E-state index contributed by atoms with van der Waals surface area (Å²) in [6.45, 7) is 4.26. The highest BCUT2D eigenvalue weighted by Gasteiger charge is 1.95. The number of nitrogens with one attached hydrogen (secondary N) is 1. The highest BCUT2D eigenvalue weighted by atomic mass is 14.8. The maximum absolute atomic E-state index is 3.18. The zero-order valence-corrected chi connectivity index (χ0v) is 8.59. The van der Waals surface area contributed by atoms with Gasteiger partial charge in [0.25, 0.3) is 0 Å². The molecule has 0 unspecified atom stereocenters. The first-order valence-corrected chi connectivity index (χ1v) is 4.73. The minimum Gasteiger partial charge on any atom is -0.388 e. The van der Waals surface area contributed by atoms with Crippen molar-refractivity contribution in [2.24, 2.45) is 0 Å². The molecule has 13 heavy (non-hydrogen) atoms. The number of anilines is 1. The fourth-order valence-electron chi connectivity index (χ4n) is 1.29. The smallest absolute Gasteiger partial charge is 0.0411 e. The summed E-state index contributed by atoms with van der Waals surface area (Å²) in [5, 5.41) is 3.18. The molecule has 0 saturated carbocycles. The van der Waals surface area contributed by atoms with E-state index in [1.807, 2.05) is 7.05 Å². The van der Waals surface area contributed by atoms with Gasteiger partial charge in [-0.1, -0.05) is 30.7 Å². The van der Waals surface area contributed by atoms with Crippen molar-refractivity contribution >= 4 is 11.8 Å². The van der Waals surface area contributed by atoms with Crippen molar-refractivity contribution in [2.45, 2.75) is 20.3 Å². The van der Waals surface area contributed by atoms with Gasteiger partial charge < -0.3 is 5.32 Å². The summed E-state index contributed by atoms with van der Waals surface area (Å²) in [6.07, 6.45) is 5.42. The summed E-state index contributed by atoms with van der Waals surface area (Å²) in [6, 6.07) is 6.43. The van der Waals surface area contributed by atoms with Crippen molar-refractivity contribution in [1.29, 1.82) is 0 Å². The number of aryl methyl sites for hydroxylation is 1. The van der Waals surface area contributed by atoms with E-state index in [1.54, 1.807) is 0 Å². The second-order valence-electron chi connectivity index (χ2n) is 3.15. The van der Waals surface area contributed by atoms with Crippen LogP contribution in [0.15, 0.2) is 24.3 Å². The third kappa shape index (κ3) is 2.62. The fraction of sp³-hybridized carbons (Fsp3) is 0.333. The van der Waals surface area contributed by atoms with Crippen molar-refractivity contribution < 1.29 is 0 Å². The topological polar surface area (TPSA) is 12.0 Å². The predicted octanol–water partition coefficient (Wildman–Crippen LogP) is 3.46. The van der Waals surface area contributed by atoms with Gasteiger partial charge >= 0.3 is 0 Å². The maximum atomic E-state index is 3.18. The van der Waals surface area contributed by atoms with Gasteiger partial charge in [-0.3, -0.25) is 0 Å². The molecule has 1 aromatic carbocycles. The van der Waals surface area contributed by atoms with Gasteiger partial charge in [-0.15, -0.1) is 0 Å². The second-order valence-corrected chi connectivity index (χ2v) is 3.15. The average molecular weight is 175 g/mol. The number of benzene rings is 1. The Balaban J connectivity index is 3.01. The third-order valence-corrected chi connectivity index (χ3v) is 2.01. The first-order chi connectivity index (χ1) is 6.27. The maximum Gasteiger partial charge on any atom is 0.0411 e. The van der Waals surface area contributed by atoms with Crippen molar-refractivity contribution in [3.63, 3.8) is 0 Å². The molecule has 1 N–H and O–H groups in total. The van der Waals surface area contributed by atoms with Crippen LogP contribution in [0.1, 0.15) is 24.5 Å². The number of rotatable bonds is 3. The van der Waals surface area contributed by atoms with Gasteiger partial charge in [0.1, 0.15) is 0 Å². The molecule has 70 valence electrons. The second kappa shape index (κ2) is 4.70.